The van der Waals surface area contributed by atoms with Crippen LogP contribution in [0.2, 0.25) is 0 Å². The number of Topliss-reactive ketones (excluding diaryl/α,β-unsaturated/α-hetero) is 1. The van der Waals surface area contributed by atoms with Crippen LogP contribution in [0.5, 0.6) is 0 Å². The van der Waals surface area contributed by atoms with Crippen LogP contribution in [0.1, 0.15) is 37.0 Å². The first-order valence-corrected chi connectivity index (χ1v) is 8.57. The van der Waals surface area contributed by atoms with Crippen molar-refractivity contribution in [1.29, 1.82) is 0 Å². The molecule has 1 N–H and O–H groups in total. The van der Waals surface area contributed by atoms with Crippen molar-refractivity contribution in [2.75, 3.05) is 20.8 Å². The molecule has 26 heavy (non-hydrogen) atoms. The van der Waals surface area contributed by atoms with Crippen molar-refractivity contribution in [3.8, 4) is 0 Å². The SMILES string of the molecule is C=CC[C@@]1([C@@H](O)CC(=O)c2ccccc2)CO[C@@](C)(OC)[C@](C)(OC)O1. The van der Waals surface area contributed by atoms with E-state index in [1.807, 2.05) is 6.07 Å². The van der Waals surface area contributed by atoms with Crippen LogP contribution < -0.4 is 0 Å². The number of hydrogen-bond acceptors (Lipinski definition) is 6. The molecule has 0 radical (unpaired) electrons. The molecule has 4 atom stereocenters. The predicted molar refractivity (Wildman–Crippen MR) is 96.8 cm³/mol. The minimum absolute atomic E-state index is 0.0333. The number of carbonyl (C=O) groups is 1. The fourth-order valence-electron chi connectivity index (χ4n) is 3.12. The molecule has 1 fully saturated rings. The molecule has 0 bridgehead atoms. The summed E-state index contributed by atoms with van der Waals surface area (Å²) in [5.41, 5.74) is -0.636. The van der Waals surface area contributed by atoms with Crippen LogP contribution in [-0.2, 0) is 18.9 Å². The molecule has 1 aliphatic heterocycles. The molecular weight excluding hydrogens is 336 g/mol. The van der Waals surface area contributed by atoms with Crippen molar-refractivity contribution >= 4 is 5.78 Å². The second-order valence-corrected chi connectivity index (χ2v) is 6.76. The number of methoxy groups -OCH3 is 2. The highest BCUT2D eigenvalue weighted by molar-refractivity contribution is 5.96. The first kappa shape index (κ1) is 20.7. The Morgan fingerprint density at radius 3 is 2.42 bits per heavy atom. The minimum Gasteiger partial charge on any atom is -0.390 e. The summed E-state index contributed by atoms with van der Waals surface area (Å²) >= 11 is 0. The average Bonchev–Trinajstić information content (AvgIpc) is 2.65. The number of benzene rings is 1. The van der Waals surface area contributed by atoms with Crippen molar-refractivity contribution in [2.24, 2.45) is 0 Å². The van der Waals surface area contributed by atoms with Gasteiger partial charge in [-0.15, -0.1) is 6.58 Å². The van der Waals surface area contributed by atoms with Gasteiger partial charge in [-0.1, -0.05) is 36.4 Å². The normalized spacial score (nSPS) is 32.8. The van der Waals surface area contributed by atoms with Gasteiger partial charge in [0.05, 0.1) is 12.7 Å². The zero-order chi connectivity index (χ0) is 19.4. The Kier molecular flexibility index (Phi) is 6.37. The number of aliphatic hydroxyl groups is 1. The maximum atomic E-state index is 12.5. The topological polar surface area (TPSA) is 74.2 Å². The molecular formula is C20H28O6. The molecule has 0 amide bonds. The average molecular weight is 364 g/mol. The fourth-order valence-corrected chi connectivity index (χ4v) is 3.12. The van der Waals surface area contributed by atoms with E-state index >= 15 is 0 Å². The molecule has 0 saturated carbocycles. The Morgan fingerprint density at radius 1 is 1.27 bits per heavy atom. The van der Waals surface area contributed by atoms with E-state index in [4.69, 9.17) is 18.9 Å². The third-order valence-electron chi connectivity index (χ3n) is 5.17. The van der Waals surface area contributed by atoms with Crippen molar-refractivity contribution in [1.82, 2.24) is 0 Å². The van der Waals surface area contributed by atoms with Gasteiger partial charge in [-0.25, -0.2) is 0 Å². The number of aliphatic hydroxyl groups excluding tert-OH is 1. The van der Waals surface area contributed by atoms with Gasteiger partial charge in [0.2, 0.25) is 11.6 Å². The monoisotopic (exact) mass is 364 g/mol. The highest BCUT2D eigenvalue weighted by Gasteiger charge is 2.59. The second-order valence-electron chi connectivity index (χ2n) is 6.76. The summed E-state index contributed by atoms with van der Waals surface area (Å²) in [4.78, 5) is 12.5. The van der Waals surface area contributed by atoms with Crippen molar-refractivity contribution in [2.45, 2.75) is 50.0 Å². The van der Waals surface area contributed by atoms with E-state index in [9.17, 15) is 9.90 Å². The molecule has 6 heteroatoms. The molecule has 1 aromatic carbocycles. The molecule has 0 unspecified atom stereocenters. The van der Waals surface area contributed by atoms with Crippen molar-refractivity contribution in [3.63, 3.8) is 0 Å². The lowest BCUT2D eigenvalue weighted by atomic mass is 9.86. The summed E-state index contributed by atoms with van der Waals surface area (Å²) in [6, 6.07) is 8.83. The van der Waals surface area contributed by atoms with Crippen LogP contribution in [0.3, 0.4) is 0 Å². The predicted octanol–water partition coefficient (Wildman–Crippen LogP) is 2.71. The quantitative estimate of drug-likeness (QED) is 0.565. The Labute approximate surface area is 154 Å². The molecule has 1 saturated heterocycles. The Bertz CT molecular complexity index is 632. The summed E-state index contributed by atoms with van der Waals surface area (Å²) in [6.07, 6.45) is 0.703. The number of ether oxygens (including phenoxy) is 4. The largest absolute Gasteiger partial charge is 0.390 e. The van der Waals surface area contributed by atoms with E-state index in [0.29, 0.717) is 5.56 Å². The van der Waals surface area contributed by atoms with Gasteiger partial charge >= 0.3 is 0 Å². The highest BCUT2D eigenvalue weighted by atomic mass is 16.8. The fraction of sp³-hybridized carbons (Fsp3) is 0.550. The van der Waals surface area contributed by atoms with Crippen LogP contribution in [0, 0.1) is 0 Å². The zero-order valence-electron chi connectivity index (χ0n) is 15.9. The summed E-state index contributed by atoms with van der Waals surface area (Å²) in [5.74, 6) is -2.61. The lowest BCUT2D eigenvalue weighted by molar-refractivity contribution is -0.459. The summed E-state index contributed by atoms with van der Waals surface area (Å²) in [6.45, 7) is 7.16. The lowest BCUT2D eigenvalue weighted by Gasteiger charge is -2.54. The standard InChI is InChI=1S/C20H28O6/c1-6-12-20(14-25-18(2,23-4)19(3,24-5)26-20)17(22)13-16(21)15-10-8-7-9-11-15/h6-11,17,22H,1,12-14H2,2-5H3/t17-,18+,19+,20-/m0/s1. The van der Waals surface area contributed by atoms with Crippen LogP contribution in [0.25, 0.3) is 0 Å². The van der Waals surface area contributed by atoms with E-state index in [1.165, 1.54) is 14.2 Å². The molecule has 0 spiro atoms. The Morgan fingerprint density at radius 2 is 1.88 bits per heavy atom. The summed E-state index contributed by atoms with van der Waals surface area (Å²) < 4.78 is 23.1. The van der Waals surface area contributed by atoms with Gasteiger partial charge in [-0.3, -0.25) is 4.79 Å². The molecule has 0 aromatic heterocycles. The smallest absolute Gasteiger partial charge is 0.220 e. The first-order chi connectivity index (χ1) is 12.3. The minimum atomic E-state index is -1.28. The van der Waals surface area contributed by atoms with Gasteiger partial charge in [-0.2, -0.15) is 0 Å². The number of hydrogen-bond donors (Lipinski definition) is 1. The highest BCUT2D eigenvalue weighted by Crippen LogP contribution is 2.43. The molecule has 1 aromatic rings. The van der Waals surface area contributed by atoms with Gasteiger partial charge in [-0.05, 0) is 20.3 Å². The van der Waals surface area contributed by atoms with E-state index in [2.05, 4.69) is 6.58 Å². The second kappa shape index (κ2) is 7.98. The van der Waals surface area contributed by atoms with E-state index in [-0.39, 0.29) is 25.2 Å². The third kappa shape index (κ3) is 3.75. The molecule has 1 heterocycles. The van der Waals surface area contributed by atoms with Crippen LogP contribution in [0.15, 0.2) is 43.0 Å². The zero-order valence-corrected chi connectivity index (χ0v) is 15.9. The first-order valence-electron chi connectivity index (χ1n) is 8.57. The number of carbonyl (C=O) groups excluding carboxylic acids is 1. The Hall–Kier alpha value is -1.57. The van der Waals surface area contributed by atoms with Gasteiger partial charge in [0, 0.05) is 26.2 Å². The third-order valence-corrected chi connectivity index (χ3v) is 5.17. The molecule has 6 nitrogen and oxygen atoms in total. The van der Waals surface area contributed by atoms with Crippen LogP contribution in [0.4, 0.5) is 0 Å². The lowest BCUT2D eigenvalue weighted by Crippen LogP contribution is -2.69. The molecule has 1 aliphatic rings. The number of rotatable bonds is 8. The van der Waals surface area contributed by atoms with Gasteiger partial charge in [0.25, 0.3) is 0 Å². The van der Waals surface area contributed by atoms with Gasteiger partial charge in [0.1, 0.15) is 5.60 Å². The van der Waals surface area contributed by atoms with Crippen LogP contribution >= 0.6 is 0 Å². The molecule has 144 valence electrons. The van der Waals surface area contributed by atoms with Crippen molar-refractivity contribution < 1.29 is 28.8 Å². The molecule has 2 rings (SSSR count). The Balaban J connectivity index is 2.26. The van der Waals surface area contributed by atoms with Crippen LogP contribution in [-0.4, -0.2) is 55.0 Å². The maximum absolute atomic E-state index is 12.5. The van der Waals surface area contributed by atoms with E-state index in [0.717, 1.165) is 0 Å². The van der Waals surface area contributed by atoms with E-state index < -0.39 is 23.3 Å². The van der Waals surface area contributed by atoms with E-state index in [1.54, 1.807) is 44.2 Å². The number of ketones is 1. The maximum Gasteiger partial charge on any atom is 0.220 e. The summed E-state index contributed by atoms with van der Waals surface area (Å²) in [7, 11) is 2.97. The molecule has 0 aliphatic carbocycles. The van der Waals surface area contributed by atoms with Crippen molar-refractivity contribution in [3.05, 3.63) is 48.6 Å². The summed E-state index contributed by atoms with van der Waals surface area (Å²) in [5, 5.41) is 10.9. The van der Waals surface area contributed by atoms with Gasteiger partial charge in [0.15, 0.2) is 5.78 Å². The van der Waals surface area contributed by atoms with Gasteiger partial charge < -0.3 is 24.1 Å².